The van der Waals surface area contributed by atoms with Gasteiger partial charge in [0, 0.05) is 6.42 Å². The number of halogens is 1. The summed E-state index contributed by atoms with van der Waals surface area (Å²) in [5.41, 5.74) is 0. The third-order valence-corrected chi connectivity index (χ3v) is 6.50. The Kier molecular flexibility index (Phi) is 14.9. The molecule has 0 aliphatic heterocycles. The number of Topliss-reactive ketones (excluding diaryl/α,β-unsaturated/α-hetero) is 1. The van der Waals surface area contributed by atoms with E-state index in [1.807, 2.05) is 0 Å². The molecule has 0 radical (unpaired) electrons. The Bertz CT molecular complexity index is 309. The van der Waals surface area contributed by atoms with Crippen LogP contribution in [0.2, 0.25) is 0 Å². The van der Waals surface area contributed by atoms with Crippen LogP contribution in [0.25, 0.3) is 0 Å². The van der Waals surface area contributed by atoms with Crippen molar-refractivity contribution in [3.05, 3.63) is 0 Å². The molecule has 1 rings (SSSR count). The summed E-state index contributed by atoms with van der Waals surface area (Å²) in [6.45, 7) is 2.28. The largest absolute Gasteiger partial charge is 0.298 e. The summed E-state index contributed by atoms with van der Waals surface area (Å²) in [4.78, 5) is 12.2. The highest BCUT2D eigenvalue weighted by molar-refractivity contribution is 6.31. The van der Waals surface area contributed by atoms with Crippen LogP contribution in [-0.4, -0.2) is 11.2 Å². The lowest BCUT2D eigenvalue weighted by Crippen LogP contribution is -2.26. The third-order valence-electron chi connectivity index (χ3n) is 5.90. The number of carbonyl (C=O) groups excluding carboxylic acids is 1. The van der Waals surface area contributed by atoms with Crippen LogP contribution in [0, 0.1) is 5.92 Å². The van der Waals surface area contributed by atoms with Crippen molar-refractivity contribution in [3.8, 4) is 0 Å². The zero-order valence-corrected chi connectivity index (χ0v) is 17.6. The number of alkyl halides is 1. The monoisotopic (exact) mass is 370 g/mol. The van der Waals surface area contributed by atoms with Crippen LogP contribution in [0.15, 0.2) is 0 Å². The first-order chi connectivity index (χ1) is 12.3. The highest BCUT2D eigenvalue weighted by atomic mass is 35.5. The first-order valence-electron chi connectivity index (χ1n) is 11.4. The normalized spacial score (nSPS) is 16.9. The molecule has 1 saturated carbocycles. The SMILES string of the molecule is CCCCCCCCCCCCCCCC(=O)C(Cl)C1CCCCC1. The van der Waals surface area contributed by atoms with Crippen molar-refractivity contribution in [1.29, 1.82) is 0 Å². The lowest BCUT2D eigenvalue weighted by Gasteiger charge is -2.25. The Labute approximate surface area is 162 Å². The van der Waals surface area contributed by atoms with Crippen LogP contribution in [0.4, 0.5) is 0 Å². The average molecular weight is 371 g/mol. The molecule has 1 unspecified atom stereocenters. The molecule has 0 N–H and O–H groups in total. The Hall–Kier alpha value is -0.0400. The Morgan fingerprint density at radius 1 is 0.760 bits per heavy atom. The van der Waals surface area contributed by atoms with Crippen molar-refractivity contribution >= 4 is 17.4 Å². The fraction of sp³-hybridized carbons (Fsp3) is 0.957. The minimum Gasteiger partial charge on any atom is -0.298 e. The van der Waals surface area contributed by atoms with Gasteiger partial charge in [-0.2, -0.15) is 0 Å². The number of unbranched alkanes of at least 4 members (excludes halogenated alkanes) is 12. The minimum absolute atomic E-state index is 0.197. The van der Waals surface area contributed by atoms with Crippen molar-refractivity contribution < 1.29 is 4.79 Å². The summed E-state index contributed by atoms with van der Waals surface area (Å²) in [6.07, 6.45) is 24.5. The van der Waals surface area contributed by atoms with E-state index in [2.05, 4.69) is 6.92 Å². The Morgan fingerprint density at radius 2 is 1.20 bits per heavy atom. The van der Waals surface area contributed by atoms with Gasteiger partial charge in [0.15, 0.2) is 5.78 Å². The van der Waals surface area contributed by atoms with Gasteiger partial charge in [0.05, 0.1) is 5.38 Å². The molecule has 1 aliphatic rings. The first kappa shape index (κ1) is 23.0. The van der Waals surface area contributed by atoms with E-state index in [0.29, 0.717) is 18.1 Å². The Balaban J connectivity index is 1.84. The summed E-state index contributed by atoms with van der Waals surface area (Å²) in [7, 11) is 0. The van der Waals surface area contributed by atoms with E-state index in [1.165, 1.54) is 109 Å². The fourth-order valence-electron chi connectivity index (χ4n) is 4.14. The molecule has 0 heterocycles. The van der Waals surface area contributed by atoms with Gasteiger partial charge in [-0.15, -0.1) is 11.6 Å². The van der Waals surface area contributed by atoms with Crippen molar-refractivity contribution in [2.24, 2.45) is 5.92 Å². The second kappa shape index (κ2) is 16.2. The molecule has 0 bridgehead atoms. The van der Waals surface area contributed by atoms with Crippen LogP contribution in [0.5, 0.6) is 0 Å². The van der Waals surface area contributed by atoms with E-state index in [4.69, 9.17) is 11.6 Å². The van der Waals surface area contributed by atoms with Gasteiger partial charge >= 0.3 is 0 Å². The molecule has 0 spiro atoms. The second-order valence-corrected chi connectivity index (χ2v) is 8.73. The summed E-state index contributed by atoms with van der Waals surface area (Å²) >= 11 is 6.41. The predicted octanol–water partition coefficient (Wildman–Crippen LogP) is 8.22. The number of rotatable bonds is 16. The van der Waals surface area contributed by atoms with Gasteiger partial charge in [0.2, 0.25) is 0 Å². The second-order valence-electron chi connectivity index (χ2n) is 8.26. The van der Waals surface area contributed by atoms with Gasteiger partial charge in [-0.1, -0.05) is 103 Å². The molecule has 1 atom stereocenters. The van der Waals surface area contributed by atoms with E-state index >= 15 is 0 Å². The third kappa shape index (κ3) is 12.1. The van der Waals surface area contributed by atoms with Gasteiger partial charge in [-0.05, 0) is 25.2 Å². The van der Waals surface area contributed by atoms with Crippen molar-refractivity contribution in [2.75, 3.05) is 0 Å². The lowest BCUT2D eigenvalue weighted by molar-refractivity contribution is -0.119. The molecule has 2 heteroatoms. The molecular weight excluding hydrogens is 328 g/mol. The Morgan fingerprint density at radius 3 is 1.68 bits per heavy atom. The van der Waals surface area contributed by atoms with Gasteiger partial charge in [0.1, 0.15) is 0 Å². The molecular formula is C23H43ClO. The molecule has 1 fully saturated rings. The molecule has 1 nitrogen and oxygen atoms in total. The number of hydrogen-bond acceptors (Lipinski definition) is 1. The summed E-state index contributed by atoms with van der Waals surface area (Å²) in [5.74, 6) is 0.779. The first-order valence-corrected chi connectivity index (χ1v) is 11.9. The van der Waals surface area contributed by atoms with Crippen LogP contribution in [-0.2, 0) is 4.79 Å². The topological polar surface area (TPSA) is 17.1 Å². The lowest BCUT2D eigenvalue weighted by atomic mass is 9.84. The standard InChI is InChI=1S/C23H43ClO/c1-2-3-4-5-6-7-8-9-10-11-12-13-17-20-22(25)23(24)21-18-15-14-16-19-21/h21,23H,2-20H2,1H3. The molecule has 0 saturated heterocycles. The van der Waals surface area contributed by atoms with E-state index < -0.39 is 0 Å². The maximum atomic E-state index is 12.2. The van der Waals surface area contributed by atoms with Crippen LogP contribution < -0.4 is 0 Å². The van der Waals surface area contributed by atoms with E-state index in [-0.39, 0.29) is 5.38 Å². The van der Waals surface area contributed by atoms with Gasteiger partial charge in [-0.25, -0.2) is 0 Å². The van der Waals surface area contributed by atoms with E-state index in [0.717, 1.165) is 6.42 Å². The molecule has 25 heavy (non-hydrogen) atoms. The van der Waals surface area contributed by atoms with E-state index in [1.54, 1.807) is 0 Å². The number of ketones is 1. The van der Waals surface area contributed by atoms with Crippen molar-refractivity contribution in [2.45, 2.75) is 134 Å². The predicted molar refractivity (Wildman–Crippen MR) is 112 cm³/mol. The maximum absolute atomic E-state index is 12.2. The van der Waals surface area contributed by atoms with E-state index in [9.17, 15) is 4.79 Å². The maximum Gasteiger partial charge on any atom is 0.150 e. The van der Waals surface area contributed by atoms with Crippen LogP contribution >= 0.6 is 11.6 Å². The fourth-order valence-corrected chi connectivity index (χ4v) is 4.51. The van der Waals surface area contributed by atoms with Crippen LogP contribution in [0.1, 0.15) is 129 Å². The van der Waals surface area contributed by atoms with Crippen LogP contribution in [0.3, 0.4) is 0 Å². The summed E-state index contributed by atoms with van der Waals surface area (Å²) < 4.78 is 0. The smallest absolute Gasteiger partial charge is 0.150 e. The average Bonchev–Trinajstić information content (AvgIpc) is 2.65. The van der Waals surface area contributed by atoms with Gasteiger partial charge < -0.3 is 0 Å². The van der Waals surface area contributed by atoms with Crippen molar-refractivity contribution in [3.63, 3.8) is 0 Å². The van der Waals surface area contributed by atoms with Gasteiger partial charge in [-0.3, -0.25) is 4.79 Å². The molecule has 0 aromatic carbocycles. The molecule has 1 aliphatic carbocycles. The molecule has 148 valence electrons. The highest BCUT2D eigenvalue weighted by Crippen LogP contribution is 2.30. The number of hydrogen-bond donors (Lipinski definition) is 0. The van der Waals surface area contributed by atoms with Crippen molar-refractivity contribution in [1.82, 2.24) is 0 Å². The summed E-state index contributed by atoms with van der Waals surface area (Å²) in [5, 5.41) is -0.197. The number of carbonyl (C=O) groups is 1. The minimum atomic E-state index is -0.197. The molecule has 0 aromatic heterocycles. The van der Waals surface area contributed by atoms with Gasteiger partial charge in [0.25, 0.3) is 0 Å². The molecule has 0 amide bonds. The quantitative estimate of drug-likeness (QED) is 0.197. The molecule has 0 aromatic rings. The summed E-state index contributed by atoms with van der Waals surface area (Å²) in [6, 6.07) is 0. The zero-order valence-electron chi connectivity index (χ0n) is 16.9. The zero-order chi connectivity index (χ0) is 18.2. The highest BCUT2D eigenvalue weighted by Gasteiger charge is 2.26.